The number of rotatable bonds is 6. The molecule has 3 heterocycles. The number of hydrogen-bond donors (Lipinski definition) is 0. The first-order chi connectivity index (χ1) is 16.7. The molecule has 3 aromatic rings. The lowest BCUT2D eigenvalue weighted by molar-refractivity contribution is -0.128. The van der Waals surface area contributed by atoms with Gasteiger partial charge in [-0.2, -0.15) is 0 Å². The number of piperidine rings is 1. The molecule has 0 unspecified atom stereocenters. The average molecular weight is 457 g/mol. The molecule has 2 aliphatic rings. The summed E-state index contributed by atoms with van der Waals surface area (Å²) >= 11 is 0. The van der Waals surface area contributed by atoms with Crippen molar-refractivity contribution in [2.75, 3.05) is 19.6 Å². The number of carbonyl (C=O) groups excluding carboxylic acids is 2. The molecule has 0 saturated carbocycles. The predicted molar refractivity (Wildman–Crippen MR) is 128 cm³/mol. The Balaban J connectivity index is 1.26. The molecule has 2 saturated heterocycles. The van der Waals surface area contributed by atoms with Crippen molar-refractivity contribution in [3.8, 4) is 11.6 Å². The highest BCUT2D eigenvalue weighted by molar-refractivity contribution is 5.94. The first-order valence-corrected chi connectivity index (χ1v) is 11.9. The first kappa shape index (κ1) is 22.1. The molecule has 2 aliphatic heterocycles. The molecule has 0 radical (unpaired) electrons. The molecule has 1 atom stereocenters. The summed E-state index contributed by atoms with van der Waals surface area (Å²) in [7, 11) is 0. The second kappa shape index (κ2) is 10.0. The highest BCUT2D eigenvalue weighted by Crippen LogP contribution is 2.28. The second-order valence-corrected chi connectivity index (χ2v) is 8.91. The Morgan fingerprint density at radius 1 is 1.03 bits per heavy atom. The van der Waals surface area contributed by atoms with Gasteiger partial charge in [0, 0.05) is 50.3 Å². The smallest absolute Gasteiger partial charge is 0.253 e. The molecule has 0 spiro atoms. The Kier molecular flexibility index (Phi) is 6.51. The van der Waals surface area contributed by atoms with Crippen LogP contribution in [0.15, 0.2) is 67.0 Å². The van der Waals surface area contributed by atoms with Crippen molar-refractivity contribution in [2.24, 2.45) is 0 Å². The van der Waals surface area contributed by atoms with E-state index >= 15 is 0 Å². The largest absolute Gasteiger partial charge is 0.437 e. The van der Waals surface area contributed by atoms with Gasteiger partial charge < -0.3 is 14.5 Å². The van der Waals surface area contributed by atoms with Crippen molar-refractivity contribution in [3.63, 3.8) is 0 Å². The number of ether oxygens (including phenoxy) is 1. The number of hydrogen-bond acceptors (Lipinski definition) is 5. The van der Waals surface area contributed by atoms with Gasteiger partial charge in [0.15, 0.2) is 0 Å². The van der Waals surface area contributed by atoms with E-state index in [1.807, 2.05) is 64.4 Å². The van der Waals surface area contributed by atoms with Crippen molar-refractivity contribution in [2.45, 2.75) is 38.1 Å². The molecule has 0 aliphatic carbocycles. The van der Waals surface area contributed by atoms with Crippen LogP contribution in [-0.2, 0) is 11.3 Å². The van der Waals surface area contributed by atoms with Crippen LogP contribution in [0.1, 0.15) is 53.2 Å². The Hall–Kier alpha value is -3.74. The van der Waals surface area contributed by atoms with Gasteiger partial charge in [-0.1, -0.05) is 30.3 Å². The lowest BCUT2D eigenvalue weighted by Gasteiger charge is -2.32. The van der Waals surface area contributed by atoms with E-state index in [4.69, 9.17) is 4.74 Å². The normalized spacial score (nSPS) is 18.2. The predicted octanol–water partition coefficient (Wildman–Crippen LogP) is 4.41. The van der Waals surface area contributed by atoms with E-state index in [1.165, 1.54) is 0 Å². The van der Waals surface area contributed by atoms with Crippen LogP contribution in [0.4, 0.5) is 0 Å². The van der Waals surface area contributed by atoms with Crippen molar-refractivity contribution >= 4 is 11.8 Å². The van der Waals surface area contributed by atoms with E-state index in [9.17, 15) is 9.59 Å². The molecule has 2 aromatic carbocycles. The van der Waals surface area contributed by atoms with Gasteiger partial charge in [0.05, 0.1) is 11.9 Å². The standard InChI is InChI=1S/C27H28N4O3/c32-26-12-6-13-30(26)18-20-7-4-8-21(15-20)27(33)31-14-5-9-22(19-31)24-16-28-17-25(29-24)34-23-10-2-1-3-11-23/h1-4,7-8,10-11,15-17,22H,5-6,9,12-14,18-19H2/t22-/m0/s1. The van der Waals surface area contributed by atoms with Crippen LogP contribution in [0.3, 0.4) is 0 Å². The summed E-state index contributed by atoms with van der Waals surface area (Å²) in [6.07, 6.45) is 6.76. The fourth-order valence-corrected chi connectivity index (χ4v) is 4.70. The van der Waals surface area contributed by atoms with Gasteiger partial charge in [-0.3, -0.25) is 14.6 Å². The molecule has 174 valence electrons. The SMILES string of the molecule is O=C1CCCN1Cc1cccc(C(=O)N2CCC[C@H](c3cncc(Oc4ccccc4)n3)C2)c1. The number of benzene rings is 2. The third-order valence-corrected chi connectivity index (χ3v) is 6.44. The van der Waals surface area contributed by atoms with E-state index in [0.29, 0.717) is 36.7 Å². The molecule has 0 N–H and O–H groups in total. The van der Waals surface area contributed by atoms with Crippen LogP contribution in [0, 0.1) is 0 Å². The molecule has 0 bridgehead atoms. The number of para-hydroxylation sites is 1. The van der Waals surface area contributed by atoms with E-state index < -0.39 is 0 Å². The van der Waals surface area contributed by atoms with Gasteiger partial charge in [0.25, 0.3) is 5.91 Å². The lowest BCUT2D eigenvalue weighted by atomic mass is 9.94. The maximum atomic E-state index is 13.3. The third-order valence-electron chi connectivity index (χ3n) is 6.44. The number of aromatic nitrogens is 2. The van der Waals surface area contributed by atoms with Crippen LogP contribution >= 0.6 is 0 Å². The quantitative estimate of drug-likeness (QED) is 0.549. The van der Waals surface area contributed by atoms with E-state index in [2.05, 4.69) is 9.97 Å². The van der Waals surface area contributed by atoms with Gasteiger partial charge in [0.1, 0.15) is 5.75 Å². The Bertz CT molecular complexity index is 1170. The van der Waals surface area contributed by atoms with E-state index in [1.54, 1.807) is 12.4 Å². The van der Waals surface area contributed by atoms with Crippen molar-refractivity contribution in [1.29, 1.82) is 0 Å². The molecular weight excluding hydrogens is 428 g/mol. The lowest BCUT2D eigenvalue weighted by Crippen LogP contribution is -2.39. The summed E-state index contributed by atoms with van der Waals surface area (Å²) in [5.74, 6) is 1.48. The van der Waals surface area contributed by atoms with Gasteiger partial charge in [-0.25, -0.2) is 4.98 Å². The molecule has 7 heteroatoms. The Labute approximate surface area is 199 Å². The zero-order valence-corrected chi connectivity index (χ0v) is 19.1. The minimum Gasteiger partial charge on any atom is -0.437 e. The summed E-state index contributed by atoms with van der Waals surface area (Å²) in [6, 6.07) is 17.2. The molecule has 2 fully saturated rings. The van der Waals surface area contributed by atoms with Crippen LogP contribution in [-0.4, -0.2) is 51.2 Å². The monoisotopic (exact) mass is 456 g/mol. The zero-order valence-electron chi connectivity index (χ0n) is 19.1. The van der Waals surface area contributed by atoms with Crippen LogP contribution in [0.5, 0.6) is 11.6 Å². The second-order valence-electron chi connectivity index (χ2n) is 8.91. The summed E-state index contributed by atoms with van der Waals surface area (Å²) < 4.78 is 5.85. The molecule has 5 rings (SSSR count). The Morgan fingerprint density at radius 3 is 2.74 bits per heavy atom. The fraction of sp³-hybridized carbons (Fsp3) is 0.333. The molecule has 1 aromatic heterocycles. The maximum Gasteiger partial charge on any atom is 0.253 e. The van der Waals surface area contributed by atoms with Gasteiger partial charge >= 0.3 is 0 Å². The summed E-state index contributed by atoms with van der Waals surface area (Å²) in [4.78, 5) is 38.1. The number of amides is 2. The minimum atomic E-state index is 0.0175. The molecule has 7 nitrogen and oxygen atoms in total. The maximum absolute atomic E-state index is 13.3. The van der Waals surface area contributed by atoms with Crippen LogP contribution in [0.2, 0.25) is 0 Å². The van der Waals surface area contributed by atoms with Gasteiger partial charge in [-0.15, -0.1) is 0 Å². The Morgan fingerprint density at radius 2 is 1.91 bits per heavy atom. The highest BCUT2D eigenvalue weighted by Gasteiger charge is 2.27. The topological polar surface area (TPSA) is 75.6 Å². The van der Waals surface area contributed by atoms with Crippen LogP contribution in [0.25, 0.3) is 0 Å². The van der Waals surface area contributed by atoms with Gasteiger partial charge in [-0.05, 0) is 49.1 Å². The van der Waals surface area contributed by atoms with Crippen molar-refractivity contribution in [1.82, 2.24) is 19.8 Å². The number of carbonyl (C=O) groups is 2. The van der Waals surface area contributed by atoms with Gasteiger partial charge in [0.2, 0.25) is 11.8 Å². The summed E-state index contributed by atoms with van der Waals surface area (Å²) in [5.41, 5.74) is 2.50. The van der Waals surface area contributed by atoms with Crippen molar-refractivity contribution < 1.29 is 14.3 Å². The third kappa shape index (κ3) is 5.09. The summed E-state index contributed by atoms with van der Waals surface area (Å²) in [6.45, 7) is 2.67. The minimum absolute atomic E-state index is 0.0175. The molecule has 2 amide bonds. The van der Waals surface area contributed by atoms with Crippen molar-refractivity contribution in [3.05, 3.63) is 83.8 Å². The number of nitrogens with zero attached hydrogens (tertiary/aromatic N) is 4. The molecular formula is C27H28N4O3. The van der Waals surface area contributed by atoms with E-state index in [0.717, 1.165) is 43.6 Å². The molecule has 34 heavy (non-hydrogen) atoms. The summed E-state index contributed by atoms with van der Waals surface area (Å²) in [5, 5.41) is 0. The number of likely N-dealkylation sites (tertiary alicyclic amines) is 2. The van der Waals surface area contributed by atoms with E-state index in [-0.39, 0.29) is 17.7 Å². The average Bonchev–Trinajstić information content (AvgIpc) is 3.28. The van der Waals surface area contributed by atoms with Crippen LogP contribution < -0.4 is 4.74 Å². The highest BCUT2D eigenvalue weighted by atomic mass is 16.5. The first-order valence-electron chi connectivity index (χ1n) is 11.9. The fourth-order valence-electron chi connectivity index (χ4n) is 4.70. The zero-order chi connectivity index (χ0) is 23.3.